The van der Waals surface area contributed by atoms with E-state index in [1.54, 1.807) is 0 Å². The molecule has 4 nitrogen and oxygen atoms in total. The minimum absolute atomic E-state index is 0. The molecule has 7 heteroatoms. The SMILES string of the molecule is O=S(=O)([O-])[O-].[Ca+2].[Cl-]. The van der Waals surface area contributed by atoms with Crippen LogP contribution in [-0.2, 0) is 10.4 Å². The molecule has 0 aromatic carbocycles. The molecule has 0 amide bonds. The van der Waals surface area contributed by atoms with E-state index in [1.165, 1.54) is 0 Å². The fraction of sp³-hybridized carbons (Fsp3) is 0. The van der Waals surface area contributed by atoms with Crippen LogP contribution < -0.4 is 12.4 Å². The predicted molar refractivity (Wildman–Crippen MR) is 16.2 cm³/mol. The Bertz CT molecular complexity index is 94.9. The van der Waals surface area contributed by atoms with Crippen molar-refractivity contribution in [1.82, 2.24) is 0 Å². The maximum Gasteiger partial charge on any atom is 2.00 e. The largest absolute Gasteiger partial charge is 2.00 e. The molecule has 0 saturated heterocycles. The van der Waals surface area contributed by atoms with Crippen molar-refractivity contribution in [2.75, 3.05) is 0 Å². The molecule has 0 saturated carbocycles. The van der Waals surface area contributed by atoms with Crippen molar-refractivity contribution in [3.05, 3.63) is 0 Å². The van der Waals surface area contributed by atoms with Gasteiger partial charge in [-0.15, -0.1) is 0 Å². The molecule has 0 rings (SSSR count). The Hall–Kier alpha value is 1.42. The molecule has 0 bridgehead atoms. The average Bonchev–Trinajstić information content (AvgIpc) is 0.722. The Kier molecular flexibility index (Phi) is 12.5. The van der Waals surface area contributed by atoms with E-state index >= 15 is 0 Å². The summed E-state index contributed by atoms with van der Waals surface area (Å²) in [4.78, 5) is 0. The molecule has 0 fully saturated rings. The quantitative estimate of drug-likeness (QED) is 0.208. The van der Waals surface area contributed by atoms with Gasteiger partial charge in [0.25, 0.3) is 0 Å². The first-order chi connectivity index (χ1) is 2.00. The van der Waals surface area contributed by atoms with Crippen LogP contribution in [0.2, 0.25) is 0 Å². The zero-order valence-electron chi connectivity index (χ0n) is 3.13. The second kappa shape index (κ2) is 5.55. The summed E-state index contributed by atoms with van der Waals surface area (Å²) in [5.74, 6) is 0. The van der Waals surface area contributed by atoms with Crippen LogP contribution in [0.4, 0.5) is 0 Å². The van der Waals surface area contributed by atoms with Gasteiger partial charge in [-0.3, -0.25) is 8.42 Å². The van der Waals surface area contributed by atoms with E-state index in [0.29, 0.717) is 0 Å². The number of rotatable bonds is 0. The second-order valence-corrected chi connectivity index (χ2v) is 1.22. The molecule has 0 unspecified atom stereocenters. The fourth-order valence-corrected chi connectivity index (χ4v) is 0. The smallest absolute Gasteiger partial charge is 1.00 e. The molecule has 0 heterocycles. The summed E-state index contributed by atoms with van der Waals surface area (Å²) in [5, 5.41) is 0. The van der Waals surface area contributed by atoms with Crippen molar-refractivity contribution in [2.45, 2.75) is 0 Å². The summed E-state index contributed by atoms with van der Waals surface area (Å²) in [6, 6.07) is 0. The van der Waals surface area contributed by atoms with Crippen LogP contribution in [0.3, 0.4) is 0 Å². The Morgan fingerprint density at radius 3 is 1.14 bits per heavy atom. The van der Waals surface area contributed by atoms with Crippen LogP contribution >= 0.6 is 0 Å². The van der Waals surface area contributed by atoms with Crippen LogP contribution in [-0.4, -0.2) is 55.3 Å². The molecule has 0 aromatic rings. The van der Waals surface area contributed by atoms with E-state index in [1.807, 2.05) is 0 Å². The minimum atomic E-state index is -5.17. The summed E-state index contributed by atoms with van der Waals surface area (Å²) in [6.07, 6.45) is 0. The van der Waals surface area contributed by atoms with Crippen molar-refractivity contribution >= 4 is 48.1 Å². The van der Waals surface area contributed by atoms with Crippen LogP contribution in [0.5, 0.6) is 0 Å². The maximum atomic E-state index is 8.52. The Labute approximate surface area is 77.3 Å². The number of hydrogen-bond donors (Lipinski definition) is 0. The molecule has 40 valence electrons. The third kappa shape index (κ3) is 108. The van der Waals surface area contributed by atoms with Gasteiger partial charge in [0.1, 0.15) is 0 Å². The van der Waals surface area contributed by atoms with Gasteiger partial charge in [0.05, 0.1) is 0 Å². The topological polar surface area (TPSA) is 80.3 Å². The van der Waals surface area contributed by atoms with Crippen molar-refractivity contribution in [3.8, 4) is 0 Å². The zero-order chi connectivity index (χ0) is 4.50. The molecule has 0 atom stereocenters. The van der Waals surface area contributed by atoms with Crippen LogP contribution in [0.15, 0.2) is 0 Å². The number of hydrogen-bond acceptors (Lipinski definition) is 4. The Morgan fingerprint density at radius 2 is 1.14 bits per heavy atom. The second-order valence-electron chi connectivity index (χ2n) is 0.408. The summed E-state index contributed by atoms with van der Waals surface area (Å²) >= 11 is 0. The van der Waals surface area contributed by atoms with Gasteiger partial charge in [0, 0.05) is 10.4 Å². The normalized spacial score (nSPS) is 8.29. The van der Waals surface area contributed by atoms with Gasteiger partial charge >= 0.3 is 37.7 Å². The van der Waals surface area contributed by atoms with Gasteiger partial charge in [-0.1, -0.05) is 0 Å². The number of halogens is 1. The molecular weight excluding hydrogens is 172 g/mol. The summed E-state index contributed by atoms with van der Waals surface area (Å²) in [6.45, 7) is 0. The van der Waals surface area contributed by atoms with E-state index in [0.717, 1.165) is 0 Å². The van der Waals surface area contributed by atoms with E-state index in [-0.39, 0.29) is 50.1 Å². The standard InChI is InChI=1S/Ca.ClH.H2O4S/c;;1-5(2,3)4/h;1H;(H2,1,2,3,4)/q+2;;/p-3. The van der Waals surface area contributed by atoms with Gasteiger partial charge in [0.2, 0.25) is 0 Å². The molecule has 0 aliphatic heterocycles. The van der Waals surface area contributed by atoms with Gasteiger partial charge in [-0.25, -0.2) is 0 Å². The average molecular weight is 172 g/mol. The first-order valence-electron chi connectivity index (χ1n) is 0.667. The fourth-order valence-electron chi connectivity index (χ4n) is 0. The van der Waals surface area contributed by atoms with Gasteiger partial charge in [-0.05, 0) is 0 Å². The minimum Gasteiger partial charge on any atom is -1.00 e. The van der Waals surface area contributed by atoms with Crippen molar-refractivity contribution in [2.24, 2.45) is 0 Å². The van der Waals surface area contributed by atoms with Crippen molar-refractivity contribution in [1.29, 1.82) is 0 Å². The Balaban J connectivity index is -0.0000000800. The van der Waals surface area contributed by atoms with E-state index in [9.17, 15) is 0 Å². The molecule has 0 spiro atoms. The maximum absolute atomic E-state index is 8.52. The molecule has 0 N–H and O–H groups in total. The molecule has 0 aliphatic rings. The zero-order valence-corrected chi connectivity index (χ0v) is 6.91. The summed E-state index contributed by atoms with van der Waals surface area (Å²) in [7, 11) is -5.17. The van der Waals surface area contributed by atoms with Crippen molar-refractivity contribution in [3.63, 3.8) is 0 Å². The van der Waals surface area contributed by atoms with Crippen LogP contribution in [0, 0.1) is 0 Å². The van der Waals surface area contributed by atoms with Crippen molar-refractivity contribution < 1.29 is 29.9 Å². The summed E-state index contributed by atoms with van der Waals surface area (Å²) < 4.78 is 34.1. The summed E-state index contributed by atoms with van der Waals surface area (Å²) in [5.41, 5.74) is 0. The molecular formula is CaClO4S-. The van der Waals surface area contributed by atoms with E-state index in [4.69, 9.17) is 17.5 Å². The molecule has 0 aliphatic carbocycles. The van der Waals surface area contributed by atoms with E-state index in [2.05, 4.69) is 0 Å². The van der Waals surface area contributed by atoms with Crippen LogP contribution in [0.1, 0.15) is 0 Å². The Morgan fingerprint density at radius 1 is 1.14 bits per heavy atom. The first kappa shape index (κ1) is 15.8. The van der Waals surface area contributed by atoms with Crippen LogP contribution in [0.25, 0.3) is 0 Å². The molecule has 0 radical (unpaired) electrons. The molecule has 0 aromatic heterocycles. The predicted octanol–water partition coefficient (Wildman–Crippen LogP) is -4.71. The van der Waals surface area contributed by atoms with Gasteiger partial charge in [-0.2, -0.15) is 0 Å². The third-order valence-corrected chi connectivity index (χ3v) is 0. The molecule has 7 heavy (non-hydrogen) atoms. The third-order valence-electron chi connectivity index (χ3n) is 0. The van der Waals surface area contributed by atoms with Gasteiger partial charge in [0.15, 0.2) is 0 Å². The first-order valence-corrected chi connectivity index (χ1v) is 2.00. The van der Waals surface area contributed by atoms with E-state index < -0.39 is 10.4 Å². The monoisotopic (exact) mass is 171 g/mol. The van der Waals surface area contributed by atoms with Gasteiger partial charge < -0.3 is 21.5 Å².